The van der Waals surface area contributed by atoms with Gasteiger partial charge in [-0.1, -0.05) is 36.4 Å². The predicted octanol–water partition coefficient (Wildman–Crippen LogP) is 2.88. The lowest BCUT2D eigenvalue weighted by molar-refractivity contribution is -0.384. The van der Waals surface area contributed by atoms with Crippen LogP contribution in [0.3, 0.4) is 0 Å². The van der Waals surface area contributed by atoms with Crippen molar-refractivity contribution in [2.24, 2.45) is 0 Å². The van der Waals surface area contributed by atoms with E-state index >= 15 is 0 Å². The minimum Gasteiger partial charge on any atom is -0.490 e. The van der Waals surface area contributed by atoms with Gasteiger partial charge in [-0.05, 0) is 18.6 Å². The summed E-state index contributed by atoms with van der Waals surface area (Å²) < 4.78 is 5.46. The van der Waals surface area contributed by atoms with E-state index in [-0.39, 0.29) is 12.3 Å². The van der Waals surface area contributed by atoms with E-state index in [1.165, 1.54) is 12.1 Å². The number of nitro benzene ring substituents is 1. The molecular weight excluding hydrogens is 258 g/mol. The predicted molar refractivity (Wildman–Crippen MR) is 74.6 cm³/mol. The molecule has 0 aromatic heterocycles. The molecule has 0 spiro atoms. The van der Waals surface area contributed by atoms with Gasteiger partial charge in [0.25, 0.3) is 5.69 Å². The van der Waals surface area contributed by atoms with Gasteiger partial charge in [-0.25, -0.2) is 0 Å². The van der Waals surface area contributed by atoms with Gasteiger partial charge in [-0.2, -0.15) is 0 Å². The quantitative estimate of drug-likeness (QED) is 0.671. The maximum atomic E-state index is 10.7. The number of rotatable bonds is 5. The van der Waals surface area contributed by atoms with Crippen LogP contribution in [0.2, 0.25) is 0 Å². The van der Waals surface area contributed by atoms with E-state index in [2.05, 4.69) is 0 Å². The van der Waals surface area contributed by atoms with Crippen LogP contribution in [0.25, 0.3) is 0 Å². The third-order valence-electron chi connectivity index (χ3n) is 2.94. The first-order valence-electron chi connectivity index (χ1n) is 6.14. The van der Waals surface area contributed by atoms with Gasteiger partial charge in [0.1, 0.15) is 18.0 Å². The molecule has 0 saturated heterocycles. The van der Waals surface area contributed by atoms with Crippen molar-refractivity contribution in [2.75, 3.05) is 6.61 Å². The molecule has 1 N–H and O–H groups in total. The van der Waals surface area contributed by atoms with Crippen molar-refractivity contribution in [1.82, 2.24) is 0 Å². The number of hydrogen-bond acceptors (Lipinski definition) is 4. The van der Waals surface area contributed by atoms with Crippen molar-refractivity contribution < 1.29 is 14.8 Å². The molecule has 5 nitrogen and oxygen atoms in total. The van der Waals surface area contributed by atoms with Gasteiger partial charge in [-0.3, -0.25) is 10.1 Å². The zero-order valence-corrected chi connectivity index (χ0v) is 11.0. The number of ether oxygens (including phenoxy) is 1. The van der Waals surface area contributed by atoms with E-state index in [1.807, 2.05) is 18.2 Å². The van der Waals surface area contributed by atoms with Crippen LogP contribution < -0.4 is 4.74 Å². The van der Waals surface area contributed by atoms with E-state index in [0.717, 1.165) is 5.56 Å². The highest BCUT2D eigenvalue weighted by Crippen LogP contribution is 2.24. The minimum absolute atomic E-state index is 0.0121. The van der Waals surface area contributed by atoms with Crippen molar-refractivity contribution in [1.29, 1.82) is 0 Å². The smallest absolute Gasteiger partial charge is 0.273 e. The summed E-state index contributed by atoms with van der Waals surface area (Å²) >= 11 is 0. The summed E-state index contributed by atoms with van der Waals surface area (Å²) in [5.74, 6) is 0.357. The SMILES string of the molecule is CC(O)(COc1cccc([N+](=O)[O-])c1)c1ccccc1. The molecule has 5 heteroatoms. The monoisotopic (exact) mass is 273 g/mol. The Morgan fingerprint density at radius 3 is 2.55 bits per heavy atom. The first kappa shape index (κ1) is 14.0. The van der Waals surface area contributed by atoms with Crippen LogP contribution in [0.5, 0.6) is 5.75 Å². The molecule has 0 aliphatic heterocycles. The van der Waals surface area contributed by atoms with Gasteiger partial charge < -0.3 is 9.84 Å². The fraction of sp³-hybridized carbons (Fsp3) is 0.200. The largest absolute Gasteiger partial charge is 0.490 e. The van der Waals surface area contributed by atoms with E-state index in [4.69, 9.17) is 4.74 Å². The third kappa shape index (κ3) is 3.33. The Kier molecular flexibility index (Phi) is 4.00. The fourth-order valence-electron chi connectivity index (χ4n) is 1.79. The third-order valence-corrected chi connectivity index (χ3v) is 2.94. The lowest BCUT2D eigenvalue weighted by Crippen LogP contribution is -2.29. The van der Waals surface area contributed by atoms with Gasteiger partial charge in [0.15, 0.2) is 0 Å². The summed E-state index contributed by atoms with van der Waals surface area (Å²) in [6, 6.07) is 15.0. The Labute approximate surface area is 116 Å². The summed E-state index contributed by atoms with van der Waals surface area (Å²) in [4.78, 5) is 10.2. The highest BCUT2D eigenvalue weighted by Gasteiger charge is 2.24. The molecule has 0 aliphatic rings. The highest BCUT2D eigenvalue weighted by molar-refractivity contribution is 5.38. The van der Waals surface area contributed by atoms with Gasteiger partial charge in [0.2, 0.25) is 0 Å². The first-order valence-corrected chi connectivity index (χ1v) is 6.14. The Morgan fingerprint density at radius 1 is 1.20 bits per heavy atom. The topological polar surface area (TPSA) is 72.6 Å². The van der Waals surface area contributed by atoms with Gasteiger partial charge in [0, 0.05) is 6.07 Å². The second-order valence-corrected chi connectivity index (χ2v) is 4.68. The van der Waals surface area contributed by atoms with Gasteiger partial charge >= 0.3 is 0 Å². The van der Waals surface area contributed by atoms with Crippen molar-refractivity contribution in [3.63, 3.8) is 0 Å². The van der Waals surface area contributed by atoms with Crippen molar-refractivity contribution in [3.05, 3.63) is 70.3 Å². The number of aliphatic hydroxyl groups is 1. The Bertz CT molecular complexity index is 596. The second kappa shape index (κ2) is 5.71. The van der Waals surface area contributed by atoms with Crippen LogP contribution in [-0.2, 0) is 5.60 Å². The molecule has 2 aromatic carbocycles. The van der Waals surface area contributed by atoms with Crippen molar-refractivity contribution in [2.45, 2.75) is 12.5 Å². The molecule has 0 heterocycles. The van der Waals surface area contributed by atoms with Crippen LogP contribution >= 0.6 is 0 Å². The fourth-order valence-corrected chi connectivity index (χ4v) is 1.79. The number of nitrogens with zero attached hydrogens (tertiary/aromatic N) is 1. The maximum absolute atomic E-state index is 10.7. The normalized spacial score (nSPS) is 13.5. The zero-order valence-electron chi connectivity index (χ0n) is 11.0. The number of non-ortho nitro benzene ring substituents is 1. The molecule has 0 amide bonds. The van der Waals surface area contributed by atoms with Crippen molar-refractivity contribution >= 4 is 5.69 Å². The first-order chi connectivity index (χ1) is 9.49. The van der Waals surface area contributed by atoms with E-state index in [1.54, 1.807) is 31.2 Å². The summed E-state index contributed by atoms with van der Waals surface area (Å²) in [5, 5.41) is 21.0. The highest BCUT2D eigenvalue weighted by atomic mass is 16.6. The number of benzene rings is 2. The Morgan fingerprint density at radius 2 is 1.90 bits per heavy atom. The molecule has 1 atom stereocenters. The molecule has 0 fully saturated rings. The van der Waals surface area contributed by atoms with E-state index < -0.39 is 10.5 Å². The summed E-state index contributed by atoms with van der Waals surface area (Å²) in [6.45, 7) is 1.65. The van der Waals surface area contributed by atoms with E-state index in [0.29, 0.717) is 5.75 Å². The number of nitro groups is 1. The second-order valence-electron chi connectivity index (χ2n) is 4.68. The van der Waals surface area contributed by atoms with Crippen LogP contribution in [-0.4, -0.2) is 16.6 Å². The van der Waals surface area contributed by atoms with Gasteiger partial charge in [-0.15, -0.1) is 0 Å². The van der Waals surface area contributed by atoms with Crippen LogP contribution in [0, 0.1) is 10.1 Å². The summed E-state index contributed by atoms with van der Waals surface area (Å²) in [5.41, 5.74) is -0.474. The number of hydrogen-bond donors (Lipinski definition) is 1. The summed E-state index contributed by atoms with van der Waals surface area (Å²) in [7, 11) is 0. The van der Waals surface area contributed by atoms with Crippen molar-refractivity contribution in [3.8, 4) is 5.75 Å². The average molecular weight is 273 g/mol. The molecule has 0 aliphatic carbocycles. The maximum Gasteiger partial charge on any atom is 0.273 e. The molecule has 0 bridgehead atoms. The molecule has 2 aromatic rings. The Balaban J connectivity index is 2.08. The molecule has 2 rings (SSSR count). The lowest BCUT2D eigenvalue weighted by Gasteiger charge is -2.23. The summed E-state index contributed by atoms with van der Waals surface area (Å²) in [6.07, 6.45) is 0. The molecule has 0 saturated carbocycles. The van der Waals surface area contributed by atoms with Crippen LogP contribution in [0.1, 0.15) is 12.5 Å². The van der Waals surface area contributed by atoms with Crippen LogP contribution in [0.4, 0.5) is 5.69 Å². The Hall–Kier alpha value is -2.40. The lowest BCUT2D eigenvalue weighted by atomic mass is 9.97. The van der Waals surface area contributed by atoms with E-state index in [9.17, 15) is 15.2 Å². The standard InChI is InChI=1S/C15H15NO4/c1-15(17,12-6-3-2-4-7-12)11-20-14-9-5-8-13(10-14)16(18)19/h2-10,17H,11H2,1H3. The zero-order chi connectivity index (χ0) is 14.6. The average Bonchev–Trinajstić information content (AvgIpc) is 2.46. The molecular formula is C15H15NO4. The molecule has 104 valence electrons. The molecule has 20 heavy (non-hydrogen) atoms. The molecule has 0 radical (unpaired) electrons. The molecule has 1 unspecified atom stereocenters. The minimum atomic E-state index is -1.16. The van der Waals surface area contributed by atoms with Crippen LogP contribution in [0.15, 0.2) is 54.6 Å². The van der Waals surface area contributed by atoms with Gasteiger partial charge in [0.05, 0.1) is 11.0 Å².